The lowest BCUT2D eigenvalue weighted by molar-refractivity contribution is 0.240. The summed E-state index contributed by atoms with van der Waals surface area (Å²) in [6, 6.07) is 9.84. The van der Waals surface area contributed by atoms with Gasteiger partial charge in [-0.25, -0.2) is 4.79 Å². The zero-order valence-electron chi connectivity index (χ0n) is 10.8. The Bertz CT molecular complexity index is 523. The standard InChI is InChI=1S/C13H17N5O/c1-18-10-16-17-12(18)9-15-13(19)14-8-7-11-5-3-2-4-6-11/h2-6,10H,7-9H2,1H3,(H2,14,15,19). The smallest absolute Gasteiger partial charge is 0.315 e. The first-order valence-electron chi connectivity index (χ1n) is 6.14. The van der Waals surface area contributed by atoms with E-state index < -0.39 is 0 Å². The van der Waals surface area contributed by atoms with Crippen LogP contribution in [0.2, 0.25) is 0 Å². The molecule has 100 valence electrons. The van der Waals surface area contributed by atoms with Crippen molar-refractivity contribution < 1.29 is 4.79 Å². The molecule has 0 saturated heterocycles. The van der Waals surface area contributed by atoms with E-state index in [1.54, 1.807) is 10.9 Å². The van der Waals surface area contributed by atoms with Crippen LogP contribution in [-0.4, -0.2) is 27.3 Å². The Morgan fingerprint density at radius 2 is 2.05 bits per heavy atom. The second-order valence-electron chi connectivity index (χ2n) is 4.20. The Balaban J connectivity index is 1.66. The molecule has 1 aromatic heterocycles. The summed E-state index contributed by atoms with van der Waals surface area (Å²) in [6.07, 6.45) is 2.42. The lowest BCUT2D eigenvalue weighted by Gasteiger charge is -2.07. The van der Waals surface area contributed by atoms with Gasteiger partial charge in [-0.05, 0) is 12.0 Å². The maximum absolute atomic E-state index is 11.6. The zero-order chi connectivity index (χ0) is 13.5. The first kappa shape index (κ1) is 13.1. The molecule has 6 nitrogen and oxygen atoms in total. The number of aryl methyl sites for hydroxylation is 1. The van der Waals surface area contributed by atoms with E-state index in [9.17, 15) is 4.79 Å². The minimum absolute atomic E-state index is 0.195. The predicted molar refractivity (Wildman–Crippen MR) is 71.4 cm³/mol. The van der Waals surface area contributed by atoms with Crippen molar-refractivity contribution in [2.75, 3.05) is 6.54 Å². The Labute approximate surface area is 111 Å². The summed E-state index contributed by atoms with van der Waals surface area (Å²) in [5.41, 5.74) is 1.20. The lowest BCUT2D eigenvalue weighted by atomic mass is 10.1. The Morgan fingerprint density at radius 3 is 2.74 bits per heavy atom. The summed E-state index contributed by atoms with van der Waals surface area (Å²) in [5.74, 6) is 0.721. The molecule has 0 atom stereocenters. The summed E-state index contributed by atoms with van der Waals surface area (Å²) < 4.78 is 1.77. The quantitative estimate of drug-likeness (QED) is 0.836. The number of carbonyl (C=O) groups excluding carboxylic acids is 1. The van der Waals surface area contributed by atoms with Gasteiger partial charge < -0.3 is 15.2 Å². The van der Waals surface area contributed by atoms with Crippen LogP contribution in [0.3, 0.4) is 0 Å². The van der Waals surface area contributed by atoms with Gasteiger partial charge in [-0.1, -0.05) is 30.3 Å². The summed E-state index contributed by atoms with van der Waals surface area (Å²) >= 11 is 0. The molecule has 0 spiro atoms. The molecular formula is C13H17N5O. The van der Waals surface area contributed by atoms with Crippen LogP contribution in [0.25, 0.3) is 0 Å². The average Bonchev–Trinajstić information content (AvgIpc) is 2.83. The Kier molecular flexibility index (Phi) is 4.49. The average molecular weight is 259 g/mol. The molecule has 0 bridgehead atoms. The van der Waals surface area contributed by atoms with Crippen LogP contribution in [0, 0.1) is 0 Å². The van der Waals surface area contributed by atoms with Crippen molar-refractivity contribution in [1.29, 1.82) is 0 Å². The second-order valence-corrected chi connectivity index (χ2v) is 4.20. The Hall–Kier alpha value is -2.37. The third-order valence-electron chi connectivity index (χ3n) is 2.75. The molecule has 0 aliphatic rings. The van der Waals surface area contributed by atoms with Gasteiger partial charge in [-0.15, -0.1) is 10.2 Å². The van der Waals surface area contributed by atoms with Crippen LogP contribution in [0.1, 0.15) is 11.4 Å². The van der Waals surface area contributed by atoms with Gasteiger partial charge in [0.2, 0.25) is 0 Å². The van der Waals surface area contributed by atoms with Crippen LogP contribution in [0.5, 0.6) is 0 Å². The lowest BCUT2D eigenvalue weighted by Crippen LogP contribution is -2.36. The van der Waals surface area contributed by atoms with Crippen molar-refractivity contribution in [3.63, 3.8) is 0 Å². The summed E-state index contributed by atoms with van der Waals surface area (Å²) in [7, 11) is 1.84. The van der Waals surface area contributed by atoms with Crippen molar-refractivity contribution in [2.45, 2.75) is 13.0 Å². The molecule has 19 heavy (non-hydrogen) atoms. The van der Waals surface area contributed by atoms with E-state index >= 15 is 0 Å². The maximum atomic E-state index is 11.6. The van der Waals surface area contributed by atoms with Crippen LogP contribution >= 0.6 is 0 Å². The molecule has 6 heteroatoms. The number of nitrogens with zero attached hydrogens (tertiary/aromatic N) is 3. The third kappa shape index (κ3) is 4.09. The third-order valence-corrected chi connectivity index (χ3v) is 2.75. The SMILES string of the molecule is Cn1cnnc1CNC(=O)NCCc1ccccc1. The van der Waals surface area contributed by atoms with E-state index in [0.717, 1.165) is 12.2 Å². The monoisotopic (exact) mass is 259 g/mol. The molecule has 0 aliphatic heterocycles. The first-order chi connectivity index (χ1) is 9.25. The summed E-state index contributed by atoms with van der Waals surface area (Å²) in [4.78, 5) is 11.6. The van der Waals surface area contributed by atoms with E-state index in [0.29, 0.717) is 13.1 Å². The highest BCUT2D eigenvalue weighted by atomic mass is 16.2. The van der Waals surface area contributed by atoms with Gasteiger partial charge in [0.05, 0.1) is 6.54 Å². The van der Waals surface area contributed by atoms with Crippen molar-refractivity contribution in [2.24, 2.45) is 7.05 Å². The highest BCUT2D eigenvalue weighted by Crippen LogP contribution is 1.98. The number of carbonyl (C=O) groups is 1. The van der Waals surface area contributed by atoms with Crippen molar-refractivity contribution in [3.8, 4) is 0 Å². The van der Waals surface area contributed by atoms with E-state index in [1.165, 1.54) is 5.56 Å². The first-order valence-corrected chi connectivity index (χ1v) is 6.14. The van der Waals surface area contributed by atoms with E-state index in [4.69, 9.17) is 0 Å². The number of nitrogens with one attached hydrogen (secondary N) is 2. The number of hydrogen-bond donors (Lipinski definition) is 2. The van der Waals surface area contributed by atoms with Crippen LogP contribution < -0.4 is 10.6 Å². The molecule has 2 N–H and O–H groups in total. The number of amides is 2. The molecule has 2 rings (SSSR count). The molecule has 1 aromatic carbocycles. The zero-order valence-corrected chi connectivity index (χ0v) is 10.8. The van der Waals surface area contributed by atoms with Gasteiger partial charge >= 0.3 is 6.03 Å². The number of hydrogen-bond acceptors (Lipinski definition) is 3. The summed E-state index contributed by atoms with van der Waals surface area (Å²) in [6.45, 7) is 0.975. The summed E-state index contributed by atoms with van der Waals surface area (Å²) in [5, 5.41) is 13.2. The molecule has 2 aromatic rings. The molecule has 1 heterocycles. The predicted octanol–water partition coefficient (Wildman–Crippen LogP) is 0.857. The van der Waals surface area contributed by atoms with Gasteiger partial charge in [0, 0.05) is 13.6 Å². The molecule has 0 radical (unpaired) electrons. The van der Waals surface area contributed by atoms with Crippen molar-refractivity contribution >= 4 is 6.03 Å². The molecule has 0 aliphatic carbocycles. The van der Waals surface area contributed by atoms with E-state index in [2.05, 4.69) is 20.8 Å². The van der Waals surface area contributed by atoms with Crippen LogP contribution in [0.4, 0.5) is 4.79 Å². The number of aromatic nitrogens is 3. The van der Waals surface area contributed by atoms with Gasteiger partial charge in [0.15, 0.2) is 5.82 Å². The minimum atomic E-state index is -0.195. The molecule has 0 unspecified atom stereocenters. The van der Waals surface area contributed by atoms with E-state index in [-0.39, 0.29) is 6.03 Å². The highest BCUT2D eigenvalue weighted by Gasteiger charge is 2.03. The van der Waals surface area contributed by atoms with E-state index in [1.807, 2.05) is 37.4 Å². The van der Waals surface area contributed by atoms with Gasteiger partial charge in [-0.2, -0.15) is 0 Å². The van der Waals surface area contributed by atoms with Crippen molar-refractivity contribution in [1.82, 2.24) is 25.4 Å². The van der Waals surface area contributed by atoms with Crippen LogP contribution in [-0.2, 0) is 20.0 Å². The molecule has 0 fully saturated rings. The van der Waals surface area contributed by atoms with Crippen molar-refractivity contribution in [3.05, 3.63) is 48.0 Å². The maximum Gasteiger partial charge on any atom is 0.315 e. The second kappa shape index (κ2) is 6.53. The fourth-order valence-corrected chi connectivity index (χ4v) is 1.65. The Morgan fingerprint density at radius 1 is 1.26 bits per heavy atom. The van der Waals surface area contributed by atoms with Crippen LogP contribution in [0.15, 0.2) is 36.7 Å². The molecule has 0 saturated carbocycles. The van der Waals surface area contributed by atoms with Gasteiger partial charge in [0.25, 0.3) is 0 Å². The van der Waals surface area contributed by atoms with Gasteiger partial charge in [-0.3, -0.25) is 0 Å². The number of benzene rings is 1. The fraction of sp³-hybridized carbons (Fsp3) is 0.308. The largest absolute Gasteiger partial charge is 0.338 e. The molecular weight excluding hydrogens is 242 g/mol. The topological polar surface area (TPSA) is 71.8 Å². The fourth-order valence-electron chi connectivity index (χ4n) is 1.65. The minimum Gasteiger partial charge on any atom is -0.338 e. The van der Waals surface area contributed by atoms with Gasteiger partial charge in [0.1, 0.15) is 6.33 Å². The number of urea groups is 1. The number of rotatable bonds is 5. The highest BCUT2D eigenvalue weighted by molar-refractivity contribution is 5.73. The normalized spacial score (nSPS) is 10.2. The molecule has 2 amide bonds.